The zero-order valence-electron chi connectivity index (χ0n) is 8.87. The van der Waals surface area contributed by atoms with Crippen LogP contribution in [0.4, 0.5) is 0 Å². The van der Waals surface area contributed by atoms with E-state index < -0.39 is 17.9 Å². The summed E-state index contributed by atoms with van der Waals surface area (Å²) >= 11 is 0. The summed E-state index contributed by atoms with van der Waals surface area (Å²) in [4.78, 5) is 20.1. The van der Waals surface area contributed by atoms with Crippen molar-refractivity contribution in [1.82, 2.24) is 0 Å². The molecule has 0 aliphatic rings. The fraction of sp³-hybridized carbons (Fsp3) is 0.273. The van der Waals surface area contributed by atoms with E-state index in [1.54, 1.807) is 0 Å². The predicted molar refractivity (Wildman–Crippen MR) is 60.5 cm³/mol. The van der Waals surface area contributed by atoms with Crippen LogP contribution >= 0.6 is 0 Å². The van der Waals surface area contributed by atoms with Gasteiger partial charge in [-0.1, -0.05) is 36.4 Å². The molecule has 1 aromatic carbocycles. The van der Waals surface area contributed by atoms with Gasteiger partial charge < -0.3 is 16.6 Å². The van der Waals surface area contributed by atoms with Gasteiger partial charge in [0.15, 0.2) is 0 Å². The van der Waals surface area contributed by atoms with Crippen LogP contribution in [0.25, 0.3) is 0 Å². The summed E-state index contributed by atoms with van der Waals surface area (Å²) in [5.74, 6) is -1.64. The maximum Gasteiger partial charge on any atom is 0.320 e. The molecular formula is C11H16N2O3. The molecule has 16 heavy (non-hydrogen) atoms. The Morgan fingerprint density at radius 3 is 1.69 bits per heavy atom. The molecule has 0 heterocycles. The lowest BCUT2D eigenvalue weighted by atomic mass is 10.2. The van der Waals surface area contributed by atoms with E-state index in [0.29, 0.717) is 0 Å². The van der Waals surface area contributed by atoms with E-state index in [4.69, 9.17) is 16.6 Å². The van der Waals surface area contributed by atoms with Gasteiger partial charge in [-0.3, -0.25) is 9.59 Å². The number of aliphatic carboxylic acids is 1. The number of benzene rings is 1. The summed E-state index contributed by atoms with van der Waals surface area (Å²) in [6.45, 7) is 0. The Morgan fingerprint density at radius 2 is 1.44 bits per heavy atom. The Labute approximate surface area is 94.1 Å². The lowest BCUT2D eigenvalue weighted by molar-refractivity contribution is -0.138. The molecule has 5 heteroatoms. The van der Waals surface area contributed by atoms with Crippen LogP contribution in [0.2, 0.25) is 0 Å². The van der Waals surface area contributed by atoms with Crippen LogP contribution in [-0.4, -0.2) is 23.0 Å². The molecule has 0 saturated carbocycles. The molecule has 1 atom stereocenters. The average molecular weight is 224 g/mol. The number of carbonyl (C=O) groups is 2. The van der Waals surface area contributed by atoms with Gasteiger partial charge in [0.25, 0.3) is 0 Å². The number of nitrogens with two attached hydrogens (primary N) is 2. The highest BCUT2D eigenvalue weighted by Crippen LogP contribution is 1.92. The first-order valence-electron chi connectivity index (χ1n) is 4.80. The lowest BCUT2D eigenvalue weighted by Crippen LogP contribution is -2.31. The number of carbonyl (C=O) groups excluding carboxylic acids is 1. The topological polar surface area (TPSA) is 106 Å². The van der Waals surface area contributed by atoms with Crippen LogP contribution in [0.5, 0.6) is 0 Å². The Hall–Kier alpha value is -1.88. The molecule has 88 valence electrons. The number of primary amides is 1. The highest BCUT2D eigenvalue weighted by atomic mass is 16.4. The minimum Gasteiger partial charge on any atom is -0.480 e. The van der Waals surface area contributed by atoms with Crippen molar-refractivity contribution in [2.45, 2.75) is 18.9 Å². The Balaban J connectivity index is 0.000000315. The van der Waals surface area contributed by atoms with Crippen molar-refractivity contribution >= 4 is 11.9 Å². The van der Waals surface area contributed by atoms with E-state index >= 15 is 0 Å². The number of rotatable bonds is 4. The van der Waals surface area contributed by atoms with Crippen LogP contribution < -0.4 is 11.5 Å². The molecule has 0 radical (unpaired) electrons. The van der Waals surface area contributed by atoms with Crippen molar-refractivity contribution in [3.63, 3.8) is 0 Å². The third kappa shape index (κ3) is 8.71. The zero-order chi connectivity index (χ0) is 12.4. The van der Waals surface area contributed by atoms with E-state index in [-0.39, 0.29) is 12.8 Å². The molecule has 0 saturated heterocycles. The number of amides is 1. The smallest absolute Gasteiger partial charge is 0.320 e. The molecule has 1 aromatic rings. The van der Waals surface area contributed by atoms with E-state index in [1.807, 2.05) is 36.4 Å². The van der Waals surface area contributed by atoms with Crippen LogP contribution in [-0.2, 0) is 9.59 Å². The minimum absolute atomic E-state index is 0.0213. The lowest BCUT2D eigenvalue weighted by Gasteiger charge is -2.01. The van der Waals surface area contributed by atoms with Crippen LogP contribution in [0.3, 0.4) is 0 Å². The van der Waals surface area contributed by atoms with Gasteiger partial charge in [-0.25, -0.2) is 0 Å². The van der Waals surface area contributed by atoms with Gasteiger partial charge in [-0.2, -0.15) is 0 Å². The van der Waals surface area contributed by atoms with Gasteiger partial charge in [0.05, 0.1) is 0 Å². The van der Waals surface area contributed by atoms with Crippen LogP contribution in [0.1, 0.15) is 12.8 Å². The average Bonchev–Trinajstić information content (AvgIpc) is 2.28. The summed E-state index contributed by atoms with van der Waals surface area (Å²) in [6, 6.07) is 11.0. The van der Waals surface area contributed by atoms with Gasteiger partial charge >= 0.3 is 5.97 Å². The third-order valence-electron chi connectivity index (χ3n) is 1.69. The van der Waals surface area contributed by atoms with Crippen molar-refractivity contribution in [3.05, 3.63) is 36.4 Å². The van der Waals surface area contributed by atoms with Crippen LogP contribution in [0, 0.1) is 0 Å². The van der Waals surface area contributed by atoms with Gasteiger partial charge in [0.2, 0.25) is 5.91 Å². The Bertz CT molecular complexity index is 288. The van der Waals surface area contributed by atoms with E-state index in [2.05, 4.69) is 0 Å². The van der Waals surface area contributed by atoms with Crippen molar-refractivity contribution in [1.29, 1.82) is 0 Å². The van der Waals surface area contributed by atoms with Crippen molar-refractivity contribution in [3.8, 4) is 0 Å². The standard InChI is InChI=1S/C6H6.C5H10N2O3/c1-2-4-6-5-3-1;6-3(5(9)10)1-2-4(7)8/h1-6H;3H,1-2,6H2,(H2,7,8)(H,9,10). The molecule has 1 unspecified atom stereocenters. The van der Waals surface area contributed by atoms with Gasteiger partial charge in [0, 0.05) is 6.42 Å². The highest BCUT2D eigenvalue weighted by Gasteiger charge is 2.11. The van der Waals surface area contributed by atoms with Crippen molar-refractivity contribution < 1.29 is 14.7 Å². The van der Waals surface area contributed by atoms with Gasteiger partial charge in [0.1, 0.15) is 6.04 Å². The second-order valence-electron chi connectivity index (χ2n) is 3.10. The fourth-order valence-electron chi connectivity index (χ4n) is 0.806. The molecule has 0 fully saturated rings. The molecule has 1 amide bonds. The quantitative estimate of drug-likeness (QED) is 0.686. The number of carboxylic acids is 1. The monoisotopic (exact) mass is 224 g/mol. The van der Waals surface area contributed by atoms with E-state index in [1.165, 1.54) is 0 Å². The minimum atomic E-state index is -1.11. The molecule has 1 rings (SSSR count). The summed E-state index contributed by atoms with van der Waals surface area (Å²) < 4.78 is 0. The maximum atomic E-state index is 10.1. The SMILES string of the molecule is NC(=O)CCC(N)C(=O)O.c1ccccc1. The first kappa shape index (κ1) is 14.1. The second kappa shape index (κ2) is 8.43. The zero-order valence-corrected chi connectivity index (χ0v) is 8.87. The molecule has 0 aliphatic carbocycles. The Morgan fingerprint density at radius 1 is 1.06 bits per heavy atom. The molecule has 5 N–H and O–H groups in total. The third-order valence-corrected chi connectivity index (χ3v) is 1.69. The fourth-order valence-corrected chi connectivity index (χ4v) is 0.806. The summed E-state index contributed by atoms with van der Waals surface area (Å²) in [7, 11) is 0. The molecule has 0 aromatic heterocycles. The first-order chi connectivity index (χ1) is 7.54. The van der Waals surface area contributed by atoms with Gasteiger partial charge in [-0.15, -0.1) is 0 Å². The first-order valence-corrected chi connectivity index (χ1v) is 4.80. The molecule has 0 aliphatic heterocycles. The Kier molecular flexibility index (Phi) is 7.44. The number of carboxylic acid groups (broad SMARTS) is 1. The number of hydrogen-bond acceptors (Lipinski definition) is 3. The predicted octanol–water partition coefficient (Wildman–Crippen LogP) is 0.350. The molecule has 5 nitrogen and oxygen atoms in total. The van der Waals surface area contributed by atoms with E-state index in [9.17, 15) is 9.59 Å². The summed E-state index contributed by atoms with van der Waals surface area (Å²) in [5.41, 5.74) is 9.81. The normalized spacial score (nSPS) is 10.8. The van der Waals surface area contributed by atoms with Gasteiger partial charge in [-0.05, 0) is 6.42 Å². The molecular weight excluding hydrogens is 208 g/mol. The highest BCUT2D eigenvalue weighted by molar-refractivity contribution is 5.76. The molecule has 0 bridgehead atoms. The second-order valence-corrected chi connectivity index (χ2v) is 3.10. The number of hydrogen-bond donors (Lipinski definition) is 3. The summed E-state index contributed by atoms with van der Waals surface area (Å²) in [5, 5.41) is 8.22. The van der Waals surface area contributed by atoms with Crippen LogP contribution in [0.15, 0.2) is 36.4 Å². The van der Waals surface area contributed by atoms with Crippen molar-refractivity contribution in [2.75, 3.05) is 0 Å². The van der Waals surface area contributed by atoms with Crippen molar-refractivity contribution in [2.24, 2.45) is 11.5 Å². The van der Waals surface area contributed by atoms with E-state index in [0.717, 1.165) is 0 Å². The summed E-state index contributed by atoms with van der Waals surface area (Å²) in [6.07, 6.45) is 0.123. The maximum absolute atomic E-state index is 10.1. The largest absolute Gasteiger partial charge is 0.480 e. The molecule has 0 spiro atoms.